The van der Waals surface area contributed by atoms with Gasteiger partial charge in [0.1, 0.15) is 0 Å². The first-order valence-corrected chi connectivity index (χ1v) is 6.07. The molecule has 15 heavy (non-hydrogen) atoms. The van der Waals surface area contributed by atoms with E-state index < -0.39 is 0 Å². The van der Waals surface area contributed by atoms with Gasteiger partial charge >= 0.3 is 0 Å². The minimum absolute atomic E-state index is 0.281. The van der Waals surface area contributed by atoms with E-state index in [-0.39, 0.29) is 6.10 Å². The van der Waals surface area contributed by atoms with Crippen LogP contribution in [-0.4, -0.2) is 19.3 Å². The molecule has 0 bridgehead atoms. The minimum atomic E-state index is 0.281. The van der Waals surface area contributed by atoms with Gasteiger partial charge in [-0.1, -0.05) is 11.6 Å². The van der Waals surface area contributed by atoms with Crippen molar-refractivity contribution in [3.8, 4) is 0 Å². The Morgan fingerprint density at radius 3 is 2.80 bits per heavy atom. The van der Waals surface area contributed by atoms with E-state index in [1.165, 1.54) is 0 Å². The highest BCUT2D eigenvalue weighted by Crippen LogP contribution is 2.25. The summed E-state index contributed by atoms with van der Waals surface area (Å²) in [5, 5.41) is 3.98. The number of nitrogens with one attached hydrogen (secondary N) is 1. The maximum atomic E-state index is 5.88. The van der Waals surface area contributed by atoms with Gasteiger partial charge in [0.05, 0.1) is 17.7 Å². The molecule has 4 heteroatoms. The van der Waals surface area contributed by atoms with Crippen molar-refractivity contribution < 1.29 is 4.74 Å². The highest BCUT2D eigenvalue weighted by molar-refractivity contribution is 9.10. The van der Waals surface area contributed by atoms with E-state index >= 15 is 0 Å². The van der Waals surface area contributed by atoms with Crippen molar-refractivity contribution >= 4 is 33.2 Å². The summed E-state index contributed by atoms with van der Waals surface area (Å²) in [7, 11) is 0. The largest absolute Gasteiger partial charge is 0.383 e. The Hall–Kier alpha value is -0.250. The second-order valence-electron chi connectivity index (χ2n) is 3.48. The lowest BCUT2D eigenvalue weighted by atomic mass is 10.3. The molecule has 1 aromatic carbocycles. The molecule has 0 saturated carbocycles. The van der Waals surface area contributed by atoms with Gasteiger partial charge in [-0.15, -0.1) is 0 Å². The SMILES string of the molecule is CC(C)OCCNc1ccc(Cl)c(Br)c1. The molecule has 0 fully saturated rings. The third-order valence-electron chi connectivity index (χ3n) is 1.80. The molecule has 0 atom stereocenters. The zero-order valence-corrected chi connectivity index (χ0v) is 11.2. The molecule has 0 aliphatic carbocycles. The molecular weight excluding hydrogens is 277 g/mol. The van der Waals surface area contributed by atoms with Gasteiger partial charge in [0.15, 0.2) is 0 Å². The molecule has 0 aliphatic rings. The topological polar surface area (TPSA) is 21.3 Å². The lowest BCUT2D eigenvalue weighted by Gasteiger charge is -2.10. The molecule has 1 aromatic rings. The molecule has 0 spiro atoms. The molecule has 1 rings (SSSR count). The highest BCUT2D eigenvalue weighted by Gasteiger charge is 1.98. The first-order valence-electron chi connectivity index (χ1n) is 4.90. The number of hydrogen-bond donors (Lipinski definition) is 1. The Morgan fingerprint density at radius 2 is 2.20 bits per heavy atom. The van der Waals surface area contributed by atoms with Crippen molar-refractivity contribution in [2.75, 3.05) is 18.5 Å². The van der Waals surface area contributed by atoms with Crippen LogP contribution in [0.3, 0.4) is 0 Å². The number of anilines is 1. The molecular formula is C11H15BrClNO. The fourth-order valence-corrected chi connectivity index (χ4v) is 1.59. The molecule has 0 unspecified atom stereocenters. The van der Waals surface area contributed by atoms with E-state index in [4.69, 9.17) is 16.3 Å². The summed E-state index contributed by atoms with van der Waals surface area (Å²) < 4.78 is 6.32. The molecule has 2 nitrogen and oxygen atoms in total. The van der Waals surface area contributed by atoms with Crippen molar-refractivity contribution in [2.24, 2.45) is 0 Å². The van der Waals surface area contributed by atoms with E-state index in [0.717, 1.165) is 21.7 Å². The Labute approximate surface area is 104 Å². The van der Waals surface area contributed by atoms with Crippen LogP contribution < -0.4 is 5.32 Å². The zero-order chi connectivity index (χ0) is 11.3. The van der Waals surface area contributed by atoms with Crippen molar-refractivity contribution in [3.05, 3.63) is 27.7 Å². The quantitative estimate of drug-likeness (QED) is 0.830. The van der Waals surface area contributed by atoms with E-state index in [1.54, 1.807) is 0 Å². The molecule has 0 heterocycles. The summed E-state index contributed by atoms with van der Waals surface area (Å²) in [4.78, 5) is 0. The molecule has 0 radical (unpaired) electrons. The zero-order valence-electron chi connectivity index (χ0n) is 8.89. The molecule has 1 N–H and O–H groups in total. The Bertz CT molecular complexity index is 317. The second-order valence-corrected chi connectivity index (χ2v) is 4.74. The smallest absolute Gasteiger partial charge is 0.0642 e. The van der Waals surface area contributed by atoms with Crippen molar-refractivity contribution in [3.63, 3.8) is 0 Å². The van der Waals surface area contributed by atoms with Gasteiger partial charge in [-0.05, 0) is 48.0 Å². The van der Waals surface area contributed by atoms with Crippen molar-refractivity contribution in [1.82, 2.24) is 0 Å². The fraction of sp³-hybridized carbons (Fsp3) is 0.455. The number of ether oxygens (including phenoxy) is 1. The standard InChI is InChI=1S/C11H15BrClNO/c1-8(2)15-6-5-14-9-3-4-11(13)10(12)7-9/h3-4,7-8,14H,5-6H2,1-2H3. The summed E-state index contributed by atoms with van der Waals surface area (Å²) in [6, 6.07) is 5.76. The first kappa shape index (κ1) is 12.8. The van der Waals surface area contributed by atoms with Crippen LogP contribution >= 0.6 is 27.5 Å². The molecule has 84 valence electrons. The van der Waals surface area contributed by atoms with Gasteiger partial charge in [0.2, 0.25) is 0 Å². The normalized spacial score (nSPS) is 10.7. The predicted molar refractivity (Wildman–Crippen MR) is 68.7 cm³/mol. The number of rotatable bonds is 5. The van der Waals surface area contributed by atoms with E-state index in [9.17, 15) is 0 Å². The van der Waals surface area contributed by atoms with Crippen LogP contribution in [0.25, 0.3) is 0 Å². The summed E-state index contributed by atoms with van der Waals surface area (Å²) in [5.41, 5.74) is 1.04. The molecule has 0 aromatic heterocycles. The van der Waals surface area contributed by atoms with E-state index in [0.29, 0.717) is 6.61 Å². The monoisotopic (exact) mass is 291 g/mol. The number of benzene rings is 1. The second kappa shape index (κ2) is 6.36. The van der Waals surface area contributed by atoms with Gasteiger partial charge in [-0.25, -0.2) is 0 Å². The van der Waals surface area contributed by atoms with Gasteiger partial charge in [0, 0.05) is 16.7 Å². The highest BCUT2D eigenvalue weighted by atomic mass is 79.9. The number of halogens is 2. The Morgan fingerprint density at radius 1 is 1.47 bits per heavy atom. The Balaban J connectivity index is 2.35. The van der Waals surface area contributed by atoms with Gasteiger partial charge in [-0.2, -0.15) is 0 Å². The van der Waals surface area contributed by atoms with Crippen LogP contribution in [0, 0.1) is 0 Å². The lowest BCUT2D eigenvalue weighted by molar-refractivity contribution is 0.0870. The van der Waals surface area contributed by atoms with Crippen LogP contribution in [0.15, 0.2) is 22.7 Å². The third-order valence-corrected chi connectivity index (χ3v) is 3.02. The first-order chi connectivity index (χ1) is 7.09. The summed E-state index contributed by atoms with van der Waals surface area (Å²) >= 11 is 9.26. The van der Waals surface area contributed by atoms with Crippen LogP contribution in [0.4, 0.5) is 5.69 Å². The Kier molecular flexibility index (Phi) is 5.43. The van der Waals surface area contributed by atoms with Crippen molar-refractivity contribution in [2.45, 2.75) is 20.0 Å². The van der Waals surface area contributed by atoms with Gasteiger partial charge < -0.3 is 10.1 Å². The van der Waals surface area contributed by atoms with E-state index in [2.05, 4.69) is 21.2 Å². The van der Waals surface area contributed by atoms with Crippen LogP contribution in [0.2, 0.25) is 5.02 Å². The lowest BCUT2D eigenvalue weighted by Crippen LogP contribution is -2.13. The van der Waals surface area contributed by atoms with Crippen LogP contribution in [-0.2, 0) is 4.74 Å². The van der Waals surface area contributed by atoms with Gasteiger partial charge in [0.25, 0.3) is 0 Å². The summed E-state index contributed by atoms with van der Waals surface area (Å²) in [6.45, 7) is 5.56. The van der Waals surface area contributed by atoms with Crippen LogP contribution in [0.1, 0.15) is 13.8 Å². The predicted octanol–water partition coefficient (Wildman–Crippen LogP) is 3.94. The fourth-order valence-electron chi connectivity index (χ4n) is 1.10. The van der Waals surface area contributed by atoms with Crippen LogP contribution in [0.5, 0.6) is 0 Å². The summed E-state index contributed by atoms with van der Waals surface area (Å²) in [6.07, 6.45) is 0.281. The van der Waals surface area contributed by atoms with Crippen molar-refractivity contribution in [1.29, 1.82) is 0 Å². The van der Waals surface area contributed by atoms with Gasteiger partial charge in [-0.3, -0.25) is 0 Å². The third kappa shape index (κ3) is 4.87. The summed E-state index contributed by atoms with van der Waals surface area (Å²) in [5.74, 6) is 0. The average Bonchev–Trinajstić information content (AvgIpc) is 2.18. The average molecular weight is 293 g/mol. The minimum Gasteiger partial charge on any atom is -0.383 e. The molecule has 0 aliphatic heterocycles. The van der Waals surface area contributed by atoms with E-state index in [1.807, 2.05) is 32.0 Å². The number of hydrogen-bond acceptors (Lipinski definition) is 2. The maximum absolute atomic E-state index is 5.88. The maximum Gasteiger partial charge on any atom is 0.0642 e. The molecule has 0 saturated heterocycles. The molecule has 0 amide bonds.